The van der Waals surface area contributed by atoms with Gasteiger partial charge in [0.2, 0.25) is 5.95 Å². The molecule has 0 aliphatic carbocycles. The van der Waals surface area contributed by atoms with Gasteiger partial charge in [0.1, 0.15) is 11.3 Å². The second kappa shape index (κ2) is 8.72. The summed E-state index contributed by atoms with van der Waals surface area (Å²) >= 11 is 0. The first kappa shape index (κ1) is 20.8. The van der Waals surface area contributed by atoms with Gasteiger partial charge in [-0.2, -0.15) is 13.2 Å². The molecular formula is C20H20F3N7O. The van der Waals surface area contributed by atoms with Crippen LogP contribution >= 0.6 is 0 Å². The van der Waals surface area contributed by atoms with Crippen molar-refractivity contribution >= 4 is 17.5 Å². The minimum absolute atomic E-state index is 0.0336. The molecule has 1 aliphatic rings. The van der Waals surface area contributed by atoms with Gasteiger partial charge in [0.15, 0.2) is 0 Å². The highest BCUT2D eigenvalue weighted by molar-refractivity contribution is 6.03. The monoisotopic (exact) mass is 431 g/mol. The van der Waals surface area contributed by atoms with Crippen molar-refractivity contribution in [2.75, 3.05) is 23.7 Å². The van der Waals surface area contributed by atoms with Crippen molar-refractivity contribution in [2.24, 2.45) is 0 Å². The summed E-state index contributed by atoms with van der Waals surface area (Å²) in [5.41, 5.74) is -0.515. The number of hydrogen-bond donors (Lipinski definition) is 4. The van der Waals surface area contributed by atoms with Crippen molar-refractivity contribution in [3.05, 3.63) is 54.2 Å². The van der Waals surface area contributed by atoms with Crippen molar-refractivity contribution in [2.45, 2.75) is 25.1 Å². The zero-order valence-corrected chi connectivity index (χ0v) is 16.3. The molecule has 1 atom stereocenters. The molecule has 0 bridgehead atoms. The van der Waals surface area contributed by atoms with E-state index in [0.29, 0.717) is 12.2 Å². The number of pyridine rings is 1. The standard InChI is InChI=1S/C20H20F3N7O/c21-20(22,23)15-11-27-19(29-14-2-1-5-25-10-14)30-17(15)12-8-16(26-9-12)18(31)28-13-3-6-24-7-4-13/h3-4,6-9,11,14,25-26H,1-2,5,10H2,(H,24,28,31)(H,27,29,30). The molecular weight excluding hydrogens is 411 g/mol. The fourth-order valence-corrected chi connectivity index (χ4v) is 3.33. The number of hydrogen-bond acceptors (Lipinski definition) is 6. The minimum Gasteiger partial charge on any atom is -0.357 e. The van der Waals surface area contributed by atoms with Crippen molar-refractivity contribution in [1.29, 1.82) is 0 Å². The van der Waals surface area contributed by atoms with Gasteiger partial charge in [0, 0.05) is 48.6 Å². The number of carbonyl (C=O) groups is 1. The number of nitrogens with one attached hydrogen (secondary N) is 4. The van der Waals surface area contributed by atoms with Crippen molar-refractivity contribution in [3.8, 4) is 11.3 Å². The Hall–Kier alpha value is -3.47. The molecule has 1 aliphatic heterocycles. The second-order valence-corrected chi connectivity index (χ2v) is 7.13. The first-order valence-electron chi connectivity index (χ1n) is 9.72. The third-order valence-electron chi connectivity index (χ3n) is 4.86. The molecule has 162 valence electrons. The van der Waals surface area contributed by atoms with Crippen LogP contribution in [0.2, 0.25) is 0 Å². The Kier molecular flexibility index (Phi) is 5.85. The van der Waals surface area contributed by atoms with Crippen LogP contribution in [0.3, 0.4) is 0 Å². The van der Waals surface area contributed by atoms with E-state index >= 15 is 0 Å². The summed E-state index contributed by atoms with van der Waals surface area (Å²) < 4.78 is 40.7. The van der Waals surface area contributed by atoms with Crippen LogP contribution in [0, 0.1) is 0 Å². The first-order chi connectivity index (χ1) is 14.9. The van der Waals surface area contributed by atoms with Gasteiger partial charge in [-0.05, 0) is 37.6 Å². The van der Waals surface area contributed by atoms with E-state index in [-0.39, 0.29) is 28.9 Å². The highest BCUT2D eigenvalue weighted by Crippen LogP contribution is 2.36. The second-order valence-electron chi connectivity index (χ2n) is 7.13. The molecule has 4 heterocycles. The third kappa shape index (κ3) is 5.00. The fraction of sp³-hybridized carbons (Fsp3) is 0.300. The molecule has 0 spiro atoms. The number of halogens is 3. The number of anilines is 2. The van der Waals surface area contributed by atoms with Gasteiger partial charge >= 0.3 is 6.18 Å². The number of H-pyrrole nitrogens is 1. The maximum Gasteiger partial charge on any atom is 0.419 e. The molecule has 1 saturated heterocycles. The van der Waals surface area contributed by atoms with Crippen LogP contribution in [-0.2, 0) is 6.18 Å². The first-order valence-corrected chi connectivity index (χ1v) is 9.72. The summed E-state index contributed by atoms with van der Waals surface area (Å²) in [6, 6.07) is 4.57. The van der Waals surface area contributed by atoms with Crippen LogP contribution in [-0.4, -0.2) is 45.0 Å². The largest absolute Gasteiger partial charge is 0.419 e. The van der Waals surface area contributed by atoms with Crippen molar-refractivity contribution in [1.82, 2.24) is 25.3 Å². The number of nitrogens with zero attached hydrogens (tertiary/aromatic N) is 3. The molecule has 1 unspecified atom stereocenters. The number of aromatic amines is 1. The Morgan fingerprint density at radius 2 is 2.03 bits per heavy atom. The van der Waals surface area contributed by atoms with E-state index in [9.17, 15) is 18.0 Å². The lowest BCUT2D eigenvalue weighted by molar-refractivity contribution is -0.137. The number of rotatable bonds is 5. The Bertz CT molecular complexity index is 1050. The number of alkyl halides is 3. The molecule has 0 aromatic carbocycles. The molecule has 4 N–H and O–H groups in total. The molecule has 0 radical (unpaired) electrons. The van der Waals surface area contributed by atoms with Gasteiger partial charge in [-0.1, -0.05) is 0 Å². The van der Waals surface area contributed by atoms with Crippen molar-refractivity contribution < 1.29 is 18.0 Å². The van der Waals surface area contributed by atoms with E-state index in [2.05, 4.69) is 35.9 Å². The summed E-state index contributed by atoms with van der Waals surface area (Å²) in [6.45, 7) is 1.59. The highest BCUT2D eigenvalue weighted by atomic mass is 19.4. The lowest BCUT2D eigenvalue weighted by Gasteiger charge is -2.24. The highest BCUT2D eigenvalue weighted by Gasteiger charge is 2.36. The number of amides is 1. The Labute approximate surface area is 175 Å². The fourth-order valence-electron chi connectivity index (χ4n) is 3.33. The van der Waals surface area contributed by atoms with Crippen LogP contribution in [0.25, 0.3) is 11.3 Å². The van der Waals surface area contributed by atoms with Crippen LogP contribution in [0.15, 0.2) is 43.0 Å². The van der Waals surface area contributed by atoms with E-state index in [0.717, 1.165) is 25.6 Å². The van der Waals surface area contributed by atoms with Crippen LogP contribution in [0.1, 0.15) is 28.9 Å². The molecule has 0 saturated carbocycles. The summed E-state index contributed by atoms with van der Waals surface area (Å²) in [5, 5.41) is 8.95. The van der Waals surface area contributed by atoms with Gasteiger partial charge in [0.25, 0.3) is 5.91 Å². The lowest BCUT2D eigenvalue weighted by Crippen LogP contribution is -2.38. The topological polar surface area (TPSA) is 108 Å². The SMILES string of the molecule is O=C(Nc1ccncc1)c1cc(-c2nc(NC3CCCNC3)ncc2C(F)(F)F)c[nH]1. The van der Waals surface area contributed by atoms with Crippen LogP contribution < -0.4 is 16.0 Å². The Morgan fingerprint density at radius 1 is 1.23 bits per heavy atom. The van der Waals surface area contributed by atoms with E-state index in [1.54, 1.807) is 12.1 Å². The summed E-state index contributed by atoms with van der Waals surface area (Å²) in [6.07, 6.45) is 2.31. The van der Waals surface area contributed by atoms with Crippen molar-refractivity contribution in [3.63, 3.8) is 0 Å². The number of aromatic nitrogens is 4. The molecule has 8 nitrogen and oxygen atoms in total. The summed E-state index contributed by atoms with van der Waals surface area (Å²) in [7, 11) is 0. The van der Waals surface area contributed by atoms with Crippen LogP contribution in [0.5, 0.6) is 0 Å². The Morgan fingerprint density at radius 3 is 2.74 bits per heavy atom. The maximum atomic E-state index is 13.6. The van der Waals surface area contributed by atoms with E-state index in [4.69, 9.17) is 0 Å². The molecule has 31 heavy (non-hydrogen) atoms. The van der Waals surface area contributed by atoms with Gasteiger partial charge in [-0.15, -0.1) is 0 Å². The molecule has 4 rings (SSSR count). The predicted octanol–water partition coefficient (Wildman–Crippen LogP) is 3.30. The zero-order valence-electron chi connectivity index (χ0n) is 16.3. The molecule has 3 aromatic rings. The van der Waals surface area contributed by atoms with Gasteiger partial charge < -0.3 is 20.9 Å². The number of carbonyl (C=O) groups excluding carboxylic acids is 1. The summed E-state index contributed by atoms with van der Waals surface area (Å²) in [5.74, 6) is -0.382. The molecule has 1 fully saturated rings. The minimum atomic E-state index is -4.64. The van der Waals surface area contributed by atoms with Crippen LogP contribution in [0.4, 0.5) is 24.8 Å². The molecule has 1 amide bonds. The quantitative estimate of drug-likeness (QED) is 0.494. The Balaban J connectivity index is 1.61. The van der Waals surface area contributed by atoms with E-state index in [1.807, 2.05) is 0 Å². The smallest absolute Gasteiger partial charge is 0.357 e. The average molecular weight is 431 g/mol. The van der Waals surface area contributed by atoms with E-state index < -0.39 is 17.6 Å². The normalized spacial score (nSPS) is 16.7. The lowest BCUT2D eigenvalue weighted by atomic mass is 10.1. The molecule has 3 aromatic heterocycles. The average Bonchev–Trinajstić information content (AvgIpc) is 3.25. The van der Waals surface area contributed by atoms with Gasteiger partial charge in [-0.3, -0.25) is 9.78 Å². The third-order valence-corrected chi connectivity index (χ3v) is 4.86. The van der Waals surface area contributed by atoms with E-state index in [1.165, 1.54) is 24.7 Å². The zero-order chi connectivity index (χ0) is 21.8. The number of piperidine rings is 1. The summed E-state index contributed by atoms with van der Waals surface area (Å²) in [4.78, 5) is 27.0. The van der Waals surface area contributed by atoms with Gasteiger partial charge in [-0.25, -0.2) is 9.97 Å². The molecule has 11 heteroatoms. The van der Waals surface area contributed by atoms with Gasteiger partial charge in [0.05, 0.1) is 5.69 Å². The maximum absolute atomic E-state index is 13.6. The predicted molar refractivity (Wildman–Crippen MR) is 109 cm³/mol.